The third-order valence-corrected chi connectivity index (χ3v) is 12.5. The average molecular weight is 671 g/mol. The van der Waals surface area contributed by atoms with Gasteiger partial charge in [-0.3, -0.25) is 19.3 Å². The summed E-state index contributed by atoms with van der Waals surface area (Å²) >= 11 is 0. The number of halogens is 2. The third kappa shape index (κ3) is 7.29. The number of nitrogens with zero attached hydrogens (tertiary/aromatic N) is 1. The maximum absolute atomic E-state index is 15.7. The van der Waals surface area contributed by atoms with Gasteiger partial charge in [0.15, 0.2) is 5.67 Å². The van der Waals surface area contributed by atoms with E-state index >= 15 is 4.39 Å². The maximum Gasteiger partial charge on any atom is 0.258 e. The molecule has 2 bridgehead atoms. The minimum atomic E-state index is -1.90. The number of rotatable bonds is 16. The lowest BCUT2D eigenvalue weighted by atomic mass is 9.66. The van der Waals surface area contributed by atoms with Gasteiger partial charge in [-0.25, -0.2) is 8.78 Å². The van der Waals surface area contributed by atoms with Crippen LogP contribution in [0, 0.1) is 47.2 Å². The molecule has 0 aromatic heterocycles. The van der Waals surface area contributed by atoms with Crippen LogP contribution in [0.4, 0.5) is 14.5 Å². The monoisotopic (exact) mass is 670 g/mol. The molecule has 5 aliphatic carbocycles. The average Bonchev–Trinajstić information content (AvgIpc) is 3.91. The fourth-order valence-corrected chi connectivity index (χ4v) is 8.95. The van der Waals surface area contributed by atoms with Crippen molar-refractivity contribution in [3.63, 3.8) is 0 Å². The van der Waals surface area contributed by atoms with E-state index in [1.807, 2.05) is 6.92 Å². The molecule has 9 nitrogen and oxygen atoms in total. The number of nitrogens with one attached hydrogen (secondary N) is 3. The number of anilines is 1. The lowest BCUT2D eigenvalue weighted by molar-refractivity contribution is -0.132. The predicted molar refractivity (Wildman–Crippen MR) is 176 cm³/mol. The highest BCUT2D eigenvalue weighted by Crippen LogP contribution is 2.55. The van der Waals surface area contributed by atoms with Crippen molar-refractivity contribution in [1.29, 1.82) is 0 Å². The number of benzene rings is 1. The molecule has 1 saturated heterocycles. The highest BCUT2D eigenvalue weighted by atomic mass is 19.1. The van der Waals surface area contributed by atoms with Crippen molar-refractivity contribution in [3.05, 3.63) is 29.6 Å². The van der Waals surface area contributed by atoms with E-state index in [1.54, 1.807) is 13.0 Å². The van der Waals surface area contributed by atoms with E-state index in [-0.39, 0.29) is 42.9 Å². The zero-order valence-electron chi connectivity index (χ0n) is 28.5. The largest absolute Gasteiger partial charge is 0.372 e. The molecule has 0 spiro atoms. The van der Waals surface area contributed by atoms with Gasteiger partial charge >= 0.3 is 0 Å². The molecule has 3 N–H and O–H groups in total. The Bertz CT molecular complexity index is 1370. The minimum absolute atomic E-state index is 0.000429. The van der Waals surface area contributed by atoms with Crippen molar-refractivity contribution in [1.82, 2.24) is 15.5 Å². The number of carbonyl (C=O) groups excluding carboxylic acids is 3. The Morgan fingerprint density at radius 1 is 0.979 bits per heavy atom. The minimum Gasteiger partial charge on any atom is -0.372 e. The third-order valence-electron chi connectivity index (χ3n) is 12.5. The SMILES string of the molecule is CO[C@@H](C)C(=O)N[C@@H](COCN1C[C@@H]2CC3[C@H](C2)C[C@H]3C1)[C@@H](C)c1ccc(NC(=O)[C@@H](NC(=O)C2(F)CC2)C(C2CC2)C2CC2)c(F)c1. The number of ether oxygens (including phenoxy) is 2. The van der Waals surface area contributed by atoms with Gasteiger partial charge in [-0.2, -0.15) is 0 Å². The van der Waals surface area contributed by atoms with Gasteiger partial charge in [0.2, 0.25) is 11.8 Å². The van der Waals surface area contributed by atoms with Crippen LogP contribution in [-0.2, 0) is 23.9 Å². The van der Waals surface area contributed by atoms with Crippen molar-refractivity contribution >= 4 is 23.4 Å². The van der Waals surface area contributed by atoms with E-state index in [0.29, 0.717) is 24.1 Å². The number of hydrogen-bond donors (Lipinski definition) is 3. The van der Waals surface area contributed by atoms with Crippen molar-refractivity contribution in [3.8, 4) is 0 Å². The Balaban J connectivity index is 1.01. The Morgan fingerprint density at radius 3 is 2.35 bits per heavy atom. The van der Waals surface area contributed by atoms with E-state index in [1.165, 1.54) is 38.5 Å². The van der Waals surface area contributed by atoms with E-state index in [2.05, 4.69) is 20.9 Å². The first kappa shape index (κ1) is 33.8. The van der Waals surface area contributed by atoms with Crippen molar-refractivity contribution in [2.45, 2.75) is 101 Å². The van der Waals surface area contributed by atoms with Crippen LogP contribution >= 0.6 is 0 Å². The van der Waals surface area contributed by atoms with Gasteiger partial charge in [-0.05, 0) is 124 Å². The second kappa shape index (κ2) is 13.6. The molecule has 7 rings (SSSR count). The molecule has 1 aromatic carbocycles. The Kier molecular flexibility index (Phi) is 9.58. The van der Waals surface area contributed by atoms with Crippen LogP contribution in [0.2, 0.25) is 0 Å². The number of likely N-dealkylation sites (tertiary alicyclic amines) is 1. The molecule has 3 amide bonds. The molecule has 1 heterocycles. The maximum atomic E-state index is 15.7. The quantitative estimate of drug-likeness (QED) is 0.234. The molecule has 1 aliphatic heterocycles. The van der Waals surface area contributed by atoms with Crippen LogP contribution in [0.25, 0.3) is 0 Å². The zero-order valence-corrected chi connectivity index (χ0v) is 28.5. The molecule has 5 saturated carbocycles. The van der Waals surface area contributed by atoms with Crippen LogP contribution in [0.3, 0.4) is 0 Å². The molecule has 1 aromatic rings. The van der Waals surface area contributed by atoms with E-state index in [4.69, 9.17) is 9.47 Å². The first-order valence-corrected chi connectivity index (χ1v) is 18.3. The molecule has 0 radical (unpaired) electrons. The van der Waals surface area contributed by atoms with Crippen molar-refractivity contribution < 1.29 is 32.6 Å². The number of alkyl halides is 1. The fraction of sp³-hybridized carbons (Fsp3) is 0.757. The smallest absolute Gasteiger partial charge is 0.258 e. The second-order valence-electron chi connectivity index (χ2n) is 16.0. The summed E-state index contributed by atoms with van der Waals surface area (Å²) in [6.07, 6.45) is 7.59. The number of amides is 3. The first-order chi connectivity index (χ1) is 23.0. The molecule has 11 heteroatoms. The van der Waals surface area contributed by atoms with Gasteiger partial charge in [0.25, 0.3) is 5.91 Å². The summed E-state index contributed by atoms with van der Waals surface area (Å²) in [5.74, 6) is 1.42. The Labute approximate surface area is 282 Å². The van der Waals surface area contributed by atoms with Crippen LogP contribution < -0.4 is 16.0 Å². The highest BCUT2D eigenvalue weighted by molar-refractivity contribution is 5.99. The summed E-state index contributed by atoms with van der Waals surface area (Å²) in [5.41, 5.74) is -1.26. The Hall–Kier alpha value is -2.63. The first-order valence-electron chi connectivity index (χ1n) is 18.3. The van der Waals surface area contributed by atoms with Crippen molar-refractivity contribution in [2.24, 2.45) is 41.4 Å². The normalized spacial score (nSPS) is 29.6. The summed E-state index contributed by atoms with van der Waals surface area (Å²) in [7, 11) is 1.48. The summed E-state index contributed by atoms with van der Waals surface area (Å²) in [6.45, 7) is 6.46. The molecule has 48 heavy (non-hydrogen) atoms. The molecule has 264 valence electrons. The molecule has 6 fully saturated rings. The van der Waals surface area contributed by atoms with E-state index < -0.39 is 41.5 Å². The second-order valence-corrected chi connectivity index (χ2v) is 16.0. The molecule has 6 aliphatic rings. The topological polar surface area (TPSA) is 109 Å². The summed E-state index contributed by atoms with van der Waals surface area (Å²) in [4.78, 5) is 41.6. The number of fused-ring (bicyclic) bond motifs is 1. The van der Waals surface area contributed by atoms with Gasteiger partial charge in [-0.15, -0.1) is 0 Å². The predicted octanol–water partition coefficient (Wildman–Crippen LogP) is 4.76. The number of hydrogen-bond acceptors (Lipinski definition) is 6. The van der Waals surface area contributed by atoms with Crippen molar-refractivity contribution in [2.75, 3.05) is 38.9 Å². The van der Waals surface area contributed by atoms with Gasteiger partial charge < -0.3 is 25.4 Å². The summed E-state index contributed by atoms with van der Waals surface area (Å²) in [5, 5.41) is 8.48. The van der Waals surface area contributed by atoms with Gasteiger partial charge in [-0.1, -0.05) is 13.0 Å². The fourth-order valence-electron chi connectivity index (χ4n) is 8.95. The molecule has 1 unspecified atom stereocenters. The van der Waals surface area contributed by atoms with Gasteiger partial charge in [0.05, 0.1) is 25.1 Å². The van der Waals surface area contributed by atoms with Crippen LogP contribution in [0.5, 0.6) is 0 Å². The Morgan fingerprint density at radius 2 is 1.71 bits per heavy atom. The van der Waals surface area contributed by atoms with E-state index in [0.717, 1.165) is 62.4 Å². The zero-order chi connectivity index (χ0) is 33.7. The lowest BCUT2D eigenvalue weighted by Crippen LogP contribution is -2.52. The lowest BCUT2D eigenvalue weighted by Gasteiger charge is -2.43. The van der Waals surface area contributed by atoms with Gasteiger partial charge in [0, 0.05) is 26.1 Å². The highest BCUT2D eigenvalue weighted by Gasteiger charge is 2.54. The van der Waals surface area contributed by atoms with Crippen LogP contribution in [-0.4, -0.2) is 80.0 Å². The molecular formula is C37H52F2N4O5. The van der Waals surface area contributed by atoms with E-state index in [9.17, 15) is 18.8 Å². The van der Waals surface area contributed by atoms with Crippen LogP contribution in [0.15, 0.2) is 18.2 Å². The summed E-state index contributed by atoms with van der Waals surface area (Å²) in [6, 6.07) is 3.29. The molecule has 8 atom stereocenters. The summed E-state index contributed by atoms with van der Waals surface area (Å²) < 4.78 is 41.8. The van der Waals surface area contributed by atoms with Gasteiger partial charge in [0.1, 0.15) is 18.0 Å². The number of methoxy groups -OCH3 is 1. The number of carbonyl (C=O) groups is 3. The van der Waals surface area contributed by atoms with Crippen LogP contribution in [0.1, 0.15) is 83.1 Å². The molecular weight excluding hydrogens is 618 g/mol. The standard InChI is InChI=1S/C37H52F2N4O5/c1-20(31(41-34(44)21(2)47-3)18-48-19-43-16-22-12-26-14-27(17-43)28(26)13-22)25-8-9-30(29(38)15-25)40-35(45)33(42-36(46)37(39)10-11-37)32(23-4-5-23)24-6-7-24/h8-9,15,20-24,26-28,31-33H,4-7,10-14,16-19H2,1-3H3,(H,40,45)(H,41,44)(H,42,46)/t20-,21-,22-,26+,27-,28?,31-,33-/m0/s1.